The largest absolute Gasteiger partial charge is 0.476 e. The Morgan fingerprint density at radius 2 is 2.22 bits per heavy atom. The molecule has 0 radical (unpaired) electrons. The van der Waals surface area contributed by atoms with Crippen LogP contribution in [0.3, 0.4) is 0 Å². The molecule has 0 bridgehead atoms. The lowest BCUT2D eigenvalue weighted by Gasteiger charge is -2.38. The van der Waals surface area contributed by atoms with Crippen molar-refractivity contribution in [1.29, 1.82) is 0 Å². The Morgan fingerprint density at radius 1 is 1.44 bits per heavy atom. The van der Waals surface area contributed by atoms with Gasteiger partial charge in [-0.3, -0.25) is 0 Å². The Morgan fingerprint density at radius 3 is 2.78 bits per heavy atom. The maximum Gasteiger partial charge on any atom is 0.355 e. The smallest absolute Gasteiger partial charge is 0.355 e. The molecule has 0 saturated carbocycles. The third kappa shape index (κ3) is 2.10. The number of carbonyl (C=O) groups is 1. The fourth-order valence-electron chi connectivity index (χ4n) is 2.76. The highest BCUT2D eigenvalue weighted by molar-refractivity contribution is 7.13. The number of anilines is 1. The summed E-state index contributed by atoms with van der Waals surface area (Å²) in [7, 11) is 0. The second kappa shape index (κ2) is 4.51. The number of aromatic nitrogens is 1. The molecule has 98 valence electrons. The highest BCUT2D eigenvalue weighted by Crippen LogP contribution is 2.37. The van der Waals surface area contributed by atoms with Crippen LogP contribution in [0.5, 0.6) is 0 Å². The van der Waals surface area contributed by atoms with E-state index in [1.54, 1.807) is 5.38 Å². The van der Waals surface area contributed by atoms with Crippen molar-refractivity contribution in [3.8, 4) is 0 Å². The molecule has 2 fully saturated rings. The van der Waals surface area contributed by atoms with Crippen molar-refractivity contribution >= 4 is 22.4 Å². The summed E-state index contributed by atoms with van der Waals surface area (Å²) in [5.74, 6) is -0.954. The predicted molar refractivity (Wildman–Crippen MR) is 68.4 cm³/mol. The number of carboxylic acid groups (broad SMARTS) is 1. The zero-order valence-corrected chi connectivity index (χ0v) is 10.9. The molecule has 0 aliphatic carbocycles. The topological polar surface area (TPSA) is 62.7 Å². The molecule has 2 aliphatic rings. The monoisotopic (exact) mass is 268 g/mol. The van der Waals surface area contributed by atoms with Crippen LogP contribution in [0, 0.1) is 0 Å². The molecule has 0 amide bonds. The van der Waals surface area contributed by atoms with Crippen LogP contribution in [-0.2, 0) is 4.74 Å². The first-order valence-electron chi connectivity index (χ1n) is 6.26. The number of rotatable bonds is 2. The summed E-state index contributed by atoms with van der Waals surface area (Å²) < 4.78 is 5.87. The lowest BCUT2D eigenvalue weighted by Crippen LogP contribution is -2.44. The van der Waals surface area contributed by atoms with Crippen LogP contribution < -0.4 is 4.90 Å². The zero-order valence-electron chi connectivity index (χ0n) is 10.1. The van der Waals surface area contributed by atoms with E-state index in [2.05, 4.69) is 9.88 Å². The van der Waals surface area contributed by atoms with E-state index in [1.165, 1.54) is 24.2 Å². The number of aromatic carboxylic acids is 1. The summed E-state index contributed by atoms with van der Waals surface area (Å²) in [5, 5.41) is 11.3. The van der Waals surface area contributed by atoms with Crippen molar-refractivity contribution in [3.05, 3.63) is 11.1 Å². The van der Waals surface area contributed by atoms with Crippen molar-refractivity contribution in [3.63, 3.8) is 0 Å². The molecule has 1 aromatic rings. The van der Waals surface area contributed by atoms with Crippen molar-refractivity contribution < 1.29 is 14.6 Å². The van der Waals surface area contributed by atoms with Crippen LogP contribution in [0.25, 0.3) is 0 Å². The van der Waals surface area contributed by atoms with E-state index in [0.29, 0.717) is 0 Å². The van der Waals surface area contributed by atoms with Gasteiger partial charge >= 0.3 is 5.97 Å². The minimum absolute atomic E-state index is 0.101. The Balaban J connectivity index is 1.66. The minimum atomic E-state index is -0.954. The summed E-state index contributed by atoms with van der Waals surface area (Å²) >= 11 is 1.41. The Hall–Kier alpha value is -1.14. The molecule has 2 saturated heterocycles. The SMILES string of the molecule is O=C(O)c1csc(N2CCC3(CCCO3)CC2)n1. The summed E-state index contributed by atoms with van der Waals surface area (Å²) in [6.45, 7) is 2.71. The number of piperidine rings is 1. The van der Waals surface area contributed by atoms with E-state index < -0.39 is 5.97 Å². The predicted octanol–water partition coefficient (Wildman–Crippen LogP) is 1.99. The van der Waals surface area contributed by atoms with Crippen molar-refractivity contribution in [2.75, 3.05) is 24.6 Å². The Labute approximate surface area is 109 Å². The Bertz CT molecular complexity index is 444. The normalized spacial score (nSPS) is 22.6. The van der Waals surface area contributed by atoms with Crippen LogP contribution in [-0.4, -0.2) is 41.4 Å². The van der Waals surface area contributed by atoms with Crippen LogP contribution in [0.1, 0.15) is 36.2 Å². The van der Waals surface area contributed by atoms with Gasteiger partial charge in [-0.2, -0.15) is 0 Å². The Kier molecular flexibility index (Phi) is 2.99. The van der Waals surface area contributed by atoms with Crippen LogP contribution in [0.2, 0.25) is 0 Å². The molecule has 0 unspecified atom stereocenters. The average Bonchev–Trinajstić information content (AvgIpc) is 3.00. The first-order chi connectivity index (χ1) is 8.69. The zero-order chi connectivity index (χ0) is 12.6. The van der Waals surface area contributed by atoms with E-state index >= 15 is 0 Å². The number of nitrogens with zero attached hydrogens (tertiary/aromatic N) is 2. The first-order valence-corrected chi connectivity index (χ1v) is 7.14. The summed E-state index contributed by atoms with van der Waals surface area (Å²) in [5.41, 5.74) is 0.246. The van der Waals surface area contributed by atoms with Gasteiger partial charge in [0.05, 0.1) is 5.60 Å². The van der Waals surface area contributed by atoms with E-state index in [0.717, 1.165) is 37.7 Å². The number of thiazole rings is 1. The molecular formula is C12H16N2O3S. The number of ether oxygens (including phenoxy) is 1. The lowest BCUT2D eigenvalue weighted by molar-refractivity contribution is -0.0146. The van der Waals surface area contributed by atoms with Gasteiger partial charge in [-0.05, 0) is 25.7 Å². The molecule has 1 aromatic heterocycles. The van der Waals surface area contributed by atoms with Crippen molar-refractivity contribution in [1.82, 2.24) is 4.98 Å². The van der Waals surface area contributed by atoms with Crippen LogP contribution >= 0.6 is 11.3 Å². The first kappa shape index (κ1) is 11.9. The van der Waals surface area contributed by atoms with Crippen molar-refractivity contribution in [2.45, 2.75) is 31.3 Å². The minimum Gasteiger partial charge on any atom is -0.476 e. The summed E-state index contributed by atoms with van der Waals surface area (Å²) in [6, 6.07) is 0. The lowest BCUT2D eigenvalue weighted by atomic mass is 9.89. The fraction of sp³-hybridized carbons (Fsp3) is 0.667. The molecule has 6 heteroatoms. The molecular weight excluding hydrogens is 252 g/mol. The highest BCUT2D eigenvalue weighted by atomic mass is 32.1. The molecule has 18 heavy (non-hydrogen) atoms. The highest BCUT2D eigenvalue weighted by Gasteiger charge is 2.38. The van der Waals surface area contributed by atoms with E-state index in [9.17, 15) is 4.79 Å². The van der Waals surface area contributed by atoms with Crippen LogP contribution in [0.15, 0.2) is 5.38 Å². The maximum absolute atomic E-state index is 10.8. The molecule has 5 nitrogen and oxygen atoms in total. The molecule has 0 aromatic carbocycles. The van der Waals surface area contributed by atoms with Gasteiger partial charge < -0.3 is 14.7 Å². The van der Waals surface area contributed by atoms with Gasteiger partial charge in [0, 0.05) is 25.1 Å². The van der Waals surface area contributed by atoms with Crippen LogP contribution in [0.4, 0.5) is 5.13 Å². The molecule has 0 atom stereocenters. The summed E-state index contributed by atoms with van der Waals surface area (Å²) in [4.78, 5) is 17.1. The van der Waals surface area contributed by atoms with Gasteiger partial charge in [-0.25, -0.2) is 9.78 Å². The van der Waals surface area contributed by atoms with E-state index in [4.69, 9.17) is 9.84 Å². The third-order valence-corrected chi connectivity index (χ3v) is 4.74. The van der Waals surface area contributed by atoms with E-state index in [1.807, 2.05) is 0 Å². The quantitative estimate of drug-likeness (QED) is 0.888. The molecule has 1 N–H and O–H groups in total. The fourth-order valence-corrected chi connectivity index (χ4v) is 3.62. The second-order valence-corrected chi connectivity index (χ2v) is 5.78. The van der Waals surface area contributed by atoms with Gasteiger partial charge in [0.2, 0.25) is 0 Å². The van der Waals surface area contributed by atoms with Gasteiger partial charge in [0.1, 0.15) is 0 Å². The molecule has 3 rings (SSSR count). The molecule has 3 heterocycles. The third-order valence-electron chi connectivity index (χ3n) is 3.84. The number of hydrogen-bond acceptors (Lipinski definition) is 5. The number of hydrogen-bond donors (Lipinski definition) is 1. The average molecular weight is 268 g/mol. The van der Waals surface area contributed by atoms with Gasteiger partial charge in [-0.1, -0.05) is 0 Å². The van der Waals surface area contributed by atoms with Crippen molar-refractivity contribution in [2.24, 2.45) is 0 Å². The molecule has 1 spiro atoms. The van der Waals surface area contributed by atoms with E-state index in [-0.39, 0.29) is 11.3 Å². The standard InChI is InChI=1S/C12H16N2O3S/c15-10(16)9-8-18-11(13-9)14-5-3-12(4-6-14)2-1-7-17-12/h8H,1-7H2,(H,15,16). The van der Waals surface area contributed by atoms with Gasteiger partial charge in [0.15, 0.2) is 10.8 Å². The summed E-state index contributed by atoms with van der Waals surface area (Å²) in [6.07, 6.45) is 4.38. The maximum atomic E-state index is 10.8. The van der Waals surface area contributed by atoms with Gasteiger partial charge in [-0.15, -0.1) is 11.3 Å². The van der Waals surface area contributed by atoms with Gasteiger partial charge in [0.25, 0.3) is 0 Å². The second-order valence-electron chi connectivity index (χ2n) is 4.94. The number of carboxylic acids is 1. The molecule has 2 aliphatic heterocycles.